The molecule has 3 N–H and O–H groups in total. The number of hydrogen-bond donors (Lipinski definition) is 2. The Kier molecular flexibility index (Phi) is 4.55. The van der Waals surface area contributed by atoms with Gasteiger partial charge in [-0.05, 0) is 25.1 Å². The van der Waals surface area contributed by atoms with Crippen molar-refractivity contribution in [3.8, 4) is 0 Å². The Balaban J connectivity index is 2.43. The minimum absolute atomic E-state index is 0.406. The van der Waals surface area contributed by atoms with Crippen LogP contribution >= 0.6 is 0 Å². The van der Waals surface area contributed by atoms with Crippen LogP contribution in [0.15, 0.2) is 24.3 Å². The maximum atomic E-state index is 12.1. The van der Waals surface area contributed by atoms with Crippen LogP contribution in [-0.4, -0.2) is 24.8 Å². The number of carbonyl (C=O) groups excluding carboxylic acids is 1. The molecule has 7 heteroatoms. The van der Waals surface area contributed by atoms with Gasteiger partial charge in [0.25, 0.3) is 0 Å². The van der Waals surface area contributed by atoms with Crippen molar-refractivity contribution >= 4 is 17.3 Å². The van der Waals surface area contributed by atoms with Crippen molar-refractivity contribution in [3.63, 3.8) is 0 Å². The van der Waals surface area contributed by atoms with E-state index < -0.39 is 24.8 Å². The molecule has 100 valence electrons. The van der Waals surface area contributed by atoms with Crippen molar-refractivity contribution < 1.29 is 22.7 Å². The van der Waals surface area contributed by atoms with Crippen molar-refractivity contribution in [2.24, 2.45) is 0 Å². The summed E-state index contributed by atoms with van der Waals surface area (Å²) in [6.45, 7) is 0.170. The van der Waals surface area contributed by atoms with E-state index in [1.807, 2.05) is 0 Å². The lowest BCUT2D eigenvalue weighted by atomic mass is 10.3. The van der Waals surface area contributed by atoms with Gasteiger partial charge < -0.3 is 15.8 Å². The van der Waals surface area contributed by atoms with Gasteiger partial charge in [-0.15, -0.1) is 0 Å². The van der Waals surface area contributed by atoms with Crippen LogP contribution in [0.2, 0.25) is 0 Å². The monoisotopic (exact) mass is 262 g/mol. The largest absolute Gasteiger partial charge is 0.414 e. The number of ether oxygens (including phenoxy) is 1. The van der Waals surface area contributed by atoms with Crippen molar-refractivity contribution in [1.29, 1.82) is 0 Å². The number of carbonyl (C=O) groups is 1. The number of hydrogen-bond acceptors (Lipinski definition) is 3. The molecule has 0 heterocycles. The first kappa shape index (κ1) is 14.3. The highest BCUT2D eigenvalue weighted by molar-refractivity contribution is 5.92. The van der Waals surface area contributed by atoms with E-state index in [1.165, 1.54) is 6.07 Å². The van der Waals surface area contributed by atoms with Crippen molar-refractivity contribution in [1.82, 2.24) is 0 Å². The highest BCUT2D eigenvalue weighted by Crippen LogP contribution is 2.22. The molecular formula is C11H13F3N2O2. The van der Waals surface area contributed by atoms with E-state index in [9.17, 15) is 18.0 Å². The number of rotatable bonds is 4. The SMILES string of the molecule is CC(OCC(=O)Nc1cccc(N)c1)C(F)(F)F. The van der Waals surface area contributed by atoms with Crippen molar-refractivity contribution in [2.45, 2.75) is 19.2 Å². The van der Waals surface area contributed by atoms with Gasteiger partial charge in [0.1, 0.15) is 6.61 Å². The van der Waals surface area contributed by atoms with Crippen LogP contribution in [0.5, 0.6) is 0 Å². The van der Waals surface area contributed by atoms with Gasteiger partial charge in [-0.25, -0.2) is 0 Å². The summed E-state index contributed by atoms with van der Waals surface area (Å²) in [6.07, 6.45) is -6.46. The molecule has 4 nitrogen and oxygen atoms in total. The summed E-state index contributed by atoms with van der Waals surface area (Å²) in [5, 5.41) is 2.38. The maximum absolute atomic E-state index is 12.1. The van der Waals surface area contributed by atoms with Gasteiger partial charge in [-0.2, -0.15) is 13.2 Å². The first-order chi connectivity index (χ1) is 8.29. The molecule has 1 atom stereocenters. The summed E-state index contributed by atoms with van der Waals surface area (Å²) < 4.78 is 40.7. The van der Waals surface area contributed by atoms with E-state index in [2.05, 4.69) is 10.1 Å². The number of nitrogen functional groups attached to an aromatic ring is 1. The predicted octanol–water partition coefficient (Wildman–Crippen LogP) is 2.17. The Hall–Kier alpha value is -1.76. The summed E-state index contributed by atoms with van der Waals surface area (Å²) in [7, 11) is 0. The standard InChI is InChI=1S/C11H13F3N2O2/c1-7(11(12,13)14)18-6-10(17)16-9-4-2-3-8(15)5-9/h2-5,7H,6,15H2,1H3,(H,16,17). The molecule has 0 aliphatic heterocycles. The normalized spacial score (nSPS) is 13.1. The molecule has 0 radical (unpaired) electrons. The molecule has 1 unspecified atom stereocenters. The lowest BCUT2D eigenvalue weighted by Crippen LogP contribution is -2.32. The lowest BCUT2D eigenvalue weighted by Gasteiger charge is -2.16. The molecule has 1 aromatic rings. The molecule has 1 rings (SSSR count). The number of anilines is 2. The van der Waals surface area contributed by atoms with E-state index in [0.29, 0.717) is 11.4 Å². The van der Waals surface area contributed by atoms with Gasteiger partial charge in [0.05, 0.1) is 0 Å². The van der Waals surface area contributed by atoms with E-state index in [4.69, 9.17) is 5.73 Å². The van der Waals surface area contributed by atoms with Crippen molar-refractivity contribution in [2.75, 3.05) is 17.7 Å². The van der Waals surface area contributed by atoms with E-state index in [0.717, 1.165) is 6.92 Å². The molecule has 0 aliphatic rings. The van der Waals surface area contributed by atoms with Gasteiger partial charge in [-0.3, -0.25) is 4.79 Å². The van der Waals surface area contributed by atoms with E-state index in [-0.39, 0.29) is 0 Å². The van der Waals surface area contributed by atoms with E-state index in [1.54, 1.807) is 18.2 Å². The van der Waals surface area contributed by atoms with Crippen LogP contribution < -0.4 is 11.1 Å². The number of nitrogens with two attached hydrogens (primary N) is 1. The third-order valence-corrected chi connectivity index (χ3v) is 2.10. The average molecular weight is 262 g/mol. The highest BCUT2D eigenvalue weighted by Gasteiger charge is 2.37. The van der Waals surface area contributed by atoms with Crippen LogP contribution in [0, 0.1) is 0 Å². The number of alkyl halides is 3. The molecule has 0 aromatic heterocycles. The van der Waals surface area contributed by atoms with Gasteiger partial charge in [0.2, 0.25) is 5.91 Å². The molecule has 0 spiro atoms. The summed E-state index contributed by atoms with van der Waals surface area (Å²) in [5.74, 6) is -0.670. The number of amides is 1. The fourth-order valence-electron chi connectivity index (χ4n) is 1.11. The number of halogens is 3. The summed E-state index contributed by atoms with van der Waals surface area (Å²) in [4.78, 5) is 11.3. The molecule has 0 saturated heterocycles. The zero-order chi connectivity index (χ0) is 13.8. The molecule has 1 aromatic carbocycles. The Morgan fingerprint density at radius 3 is 2.72 bits per heavy atom. The van der Waals surface area contributed by atoms with Crippen LogP contribution in [0.4, 0.5) is 24.5 Å². The second-order valence-corrected chi connectivity index (χ2v) is 3.67. The fourth-order valence-corrected chi connectivity index (χ4v) is 1.11. The molecule has 0 aliphatic carbocycles. The zero-order valence-electron chi connectivity index (χ0n) is 9.62. The Labute approximate surface area is 102 Å². The zero-order valence-corrected chi connectivity index (χ0v) is 9.62. The van der Waals surface area contributed by atoms with Crippen LogP contribution in [0.25, 0.3) is 0 Å². The smallest absolute Gasteiger partial charge is 0.399 e. The van der Waals surface area contributed by atoms with Crippen LogP contribution in [0.1, 0.15) is 6.92 Å². The summed E-state index contributed by atoms with van der Waals surface area (Å²) in [5.41, 5.74) is 6.33. The average Bonchev–Trinajstić information content (AvgIpc) is 2.24. The third-order valence-electron chi connectivity index (χ3n) is 2.10. The second kappa shape index (κ2) is 5.72. The Morgan fingerprint density at radius 2 is 2.17 bits per heavy atom. The number of nitrogens with one attached hydrogen (secondary N) is 1. The molecule has 18 heavy (non-hydrogen) atoms. The minimum Gasteiger partial charge on any atom is -0.399 e. The first-order valence-corrected chi connectivity index (χ1v) is 5.13. The minimum atomic E-state index is -4.47. The lowest BCUT2D eigenvalue weighted by molar-refractivity contribution is -0.213. The van der Waals surface area contributed by atoms with Gasteiger partial charge in [0, 0.05) is 11.4 Å². The second-order valence-electron chi connectivity index (χ2n) is 3.67. The Morgan fingerprint density at radius 1 is 1.50 bits per heavy atom. The fraction of sp³-hybridized carbons (Fsp3) is 0.364. The van der Waals surface area contributed by atoms with Crippen molar-refractivity contribution in [3.05, 3.63) is 24.3 Å². The predicted molar refractivity (Wildman–Crippen MR) is 61.0 cm³/mol. The molecule has 0 fully saturated rings. The third kappa shape index (κ3) is 4.62. The van der Waals surface area contributed by atoms with Gasteiger partial charge in [0.15, 0.2) is 6.10 Å². The quantitative estimate of drug-likeness (QED) is 0.817. The highest BCUT2D eigenvalue weighted by atomic mass is 19.4. The molecular weight excluding hydrogens is 249 g/mol. The van der Waals surface area contributed by atoms with Crippen LogP contribution in [-0.2, 0) is 9.53 Å². The van der Waals surface area contributed by atoms with Crippen LogP contribution in [0.3, 0.4) is 0 Å². The number of benzene rings is 1. The summed E-state index contributed by atoms with van der Waals surface area (Å²) in [6, 6.07) is 6.30. The maximum Gasteiger partial charge on any atom is 0.414 e. The topological polar surface area (TPSA) is 64.3 Å². The first-order valence-electron chi connectivity index (χ1n) is 5.13. The van der Waals surface area contributed by atoms with Gasteiger partial charge in [-0.1, -0.05) is 6.07 Å². The van der Waals surface area contributed by atoms with Gasteiger partial charge >= 0.3 is 6.18 Å². The molecule has 1 amide bonds. The van der Waals surface area contributed by atoms with E-state index >= 15 is 0 Å². The molecule has 0 saturated carbocycles. The Bertz CT molecular complexity index is 421. The summed E-state index contributed by atoms with van der Waals surface area (Å²) >= 11 is 0. The molecule has 0 bridgehead atoms.